The van der Waals surface area contributed by atoms with Crippen LogP contribution in [0.25, 0.3) is 10.2 Å². The van der Waals surface area contributed by atoms with Gasteiger partial charge >= 0.3 is 0 Å². The second kappa shape index (κ2) is 6.84. The van der Waals surface area contributed by atoms with E-state index in [1.54, 1.807) is 6.07 Å². The van der Waals surface area contributed by atoms with Gasteiger partial charge in [-0.2, -0.15) is 0 Å². The molecule has 2 aromatic rings. The Hall–Kier alpha value is -1.70. The fourth-order valence-corrected chi connectivity index (χ4v) is 2.74. The molecule has 0 saturated carbocycles. The molecule has 1 amide bonds. The van der Waals surface area contributed by atoms with Gasteiger partial charge in [0.15, 0.2) is 5.13 Å². The number of carbonyl (C=O) groups excluding carboxylic acids is 1. The van der Waals surface area contributed by atoms with E-state index in [0.29, 0.717) is 23.8 Å². The lowest BCUT2D eigenvalue weighted by Crippen LogP contribution is -2.34. The Kier molecular flexibility index (Phi) is 5.11. The highest BCUT2D eigenvalue weighted by atomic mass is 32.1. The third-order valence-electron chi connectivity index (χ3n) is 3.37. The standard InChI is InChI=1S/C14H20N4O2S/c1-9(8-19)18(2)6-5-13(20)17-14-16-11-4-3-10(15)7-12(11)21-14/h3-4,7,9,19H,5-6,8,15H2,1-2H3,(H,16,17,20). The number of nitrogens with one attached hydrogen (secondary N) is 1. The summed E-state index contributed by atoms with van der Waals surface area (Å²) in [5.74, 6) is -0.0842. The van der Waals surface area contributed by atoms with E-state index in [2.05, 4.69) is 10.3 Å². The minimum Gasteiger partial charge on any atom is -0.399 e. The van der Waals surface area contributed by atoms with Crippen molar-refractivity contribution in [3.63, 3.8) is 0 Å². The molecule has 0 aliphatic heterocycles. The van der Waals surface area contributed by atoms with E-state index in [1.807, 2.05) is 31.0 Å². The van der Waals surface area contributed by atoms with Crippen LogP contribution < -0.4 is 11.1 Å². The van der Waals surface area contributed by atoms with Crippen LogP contribution in [0.15, 0.2) is 18.2 Å². The number of anilines is 2. The molecule has 21 heavy (non-hydrogen) atoms. The fraction of sp³-hybridized carbons (Fsp3) is 0.429. The molecular weight excluding hydrogens is 288 g/mol. The van der Waals surface area contributed by atoms with E-state index in [-0.39, 0.29) is 18.6 Å². The van der Waals surface area contributed by atoms with Crippen molar-refractivity contribution in [2.45, 2.75) is 19.4 Å². The molecule has 1 atom stereocenters. The quantitative estimate of drug-likeness (QED) is 0.704. The van der Waals surface area contributed by atoms with E-state index >= 15 is 0 Å². The predicted octanol–water partition coefficient (Wildman–Crippen LogP) is 1.52. The maximum atomic E-state index is 11.9. The van der Waals surface area contributed by atoms with Crippen LogP contribution in [-0.4, -0.2) is 47.1 Å². The number of aliphatic hydroxyl groups excluding tert-OH is 1. The Balaban J connectivity index is 1.92. The summed E-state index contributed by atoms with van der Waals surface area (Å²) in [6, 6.07) is 5.52. The van der Waals surface area contributed by atoms with Crippen LogP contribution in [0.1, 0.15) is 13.3 Å². The number of benzene rings is 1. The lowest BCUT2D eigenvalue weighted by Gasteiger charge is -2.22. The molecule has 4 N–H and O–H groups in total. The first-order chi connectivity index (χ1) is 9.99. The molecule has 2 rings (SSSR count). The zero-order valence-corrected chi connectivity index (χ0v) is 13.0. The zero-order chi connectivity index (χ0) is 15.4. The Labute approximate surface area is 127 Å². The van der Waals surface area contributed by atoms with E-state index in [0.717, 1.165) is 10.2 Å². The Morgan fingerprint density at radius 1 is 1.57 bits per heavy atom. The smallest absolute Gasteiger partial charge is 0.227 e. The molecule has 1 unspecified atom stereocenters. The molecule has 0 saturated heterocycles. The van der Waals surface area contributed by atoms with Gasteiger partial charge in [-0.05, 0) is 32.2 Å². The van der Waals surface area contributed by atoms with Crippen molar-refractivity contribution < 1.29 is 9.90 Å². The third-order valence-corrected chi connectivity index (χ3v) is 4.30. The largest absolute Gasteiger partial charge is 0.399 e. The maximum absolute atomic E-state index is 11.9. The molecule has 0 radical (unpaired) electrons. The molecule has 6 nitrogen and oxygen atoms in total. The van der Waals surface area contributed by atoms with Crippen LogP contribution in [0.4, 0.5) is 10.8 Å². The van der Waals surface area contributed by atoms with E-state index < -0.39 is 0 Å². The lowest BCUT2D eigenvalue weighted by molar-refractivity contribution is -0.116. The molecule has 114 valence electrons. The summed E-state index contributed by atoms with van der Waals surface area (Å²) in [5.41, 5.74) is 7.24. The van der Waals surface area contributed by atoms with Crippen LogP contribution in [0.2, 0.25) is 0 Å². The number of nitrogens with two attached hydrogens (primary N) is 1. The Morgan fingerprint density at radius 2 is 2.33 bits per heavy atom. The van der Waals surface area contributed by atoms with Crippen molar-refractivity contribution in [1.82, 2.24) is 9.88 Å². The van der Waals surface area contributed by atoms with Crippen LogP contribution >= 0.6 is 11.3 Å². The summed E-state index contributed by atoms with van der Waals surface area (Å²) >= 11 is 1.41. The van der Waals surface area contributed by atoms with Gasteiger partial charge in [-0.1, -0.05) is 11.3 Å². The summed E-state index contributed by atoms with van der Waals surface area (Å²) in [6.07, 6.45) is 0.360. The minimum absolute atomic E-state index is 0.0447. The predicted molar refractivity (Wildman–Crippen MR) is 86.5 cm³/mol. The third kappa shape index (κ3) is 4.13. The summed E-state index contributed by atoms with van der Waals surface area (Å²) in [7, 11) is 1.88. The van der Waals surface area contributed by atoms with Gasteiger partial charge in [-0.15, -0.1) is 0 Å². The number of fused-ring (bicyclic) bond motifs is 1. The molecule has 0 bridgehead atoms. The van der Waals surface area contributed by atoms with Gasteiger partial charge < -0.3 is 21.1 Å². The van der Waals surface area contributed by atoms with Crippen molar-refractivity contribution >= 4 is 38.3 Å². The van der Waals surface area contributed by atoms with Crippen molar-refractivity contribution in [1.29, 1.82) is 0 Å². The Bertz CT molecular complexity index is 628. The van der Waals surface area contributed by atoms with Gasteiger partial charge in [0.25, 0.3) is 0 Å². The van der Waals surface area contributed by atoms with Crippen LogP contribution in [0.3, 0.4) is 0 Å². The summed E-state index contributed by atoms with van der Waals surface area (Å²) in [6.45, 7) is 2.58. The van der Waals surface area contributed by atoms with Gasteiger partial charge in [0, 0.05) is 24.7 Å². The van der Waals surface area contributed by atoms with Gasteiger partial charge in [-0.3, -0.25) is 4.79 Å². The number of carbonyl (C=O) groups is 1. The SMILES string of the molecule is CC(CO)N(C)CCC(=O)Nc1nc2ccc(N)cc2s1. The first-order valence-corrected chi connectivity index (χ1v) is 7.58. The monoisotopic (exact) mass is 308 g/mol. The second-order valence-electron chi connectivity index (χ2n) is 5.06. The highest BCUT2D eigenvalue weighted by molar-refractivity contribution is 7.22. The van der Waals surface area contributed by atoms with E-state index in [4.69, 9.17) is 10.8 Å². The summed E-state index contributed by atoms with van der Waals surface area (Å²) < 4.78 is 0.955. The normalized spacial score (nSPS) is 12.8. The highest BCUT2D eigenvalue weighted by Crippen LogP contribution is 2.27. The fourth-order valence-electron chi connectivity index (χ4n) is 1.81. The number of rotatable bonds is 6. The lowest BCUT2D eigenvalue weighted by atomic mass is 10.3. The number of nitrogen functional groups attached to an aromatic ring is 1. The number of hydrogen-bond donors (Lipinski definition) is 3. The highest BCUT2D eigenvalue weighted by Gasteiger charge is 2.12. The second-order valence-corrected chi connectivity index (χ2v) is 6.09. The van der Waals surface area contributed by atoms with Crippen molar-refractivity contribution in [2.24, 2.45) is 0 Å². The van der Waals surface area contributed by atoms with Crippen LogP contribution in [-0.2, 0) is 4.79 Å². The molecule has 7 heteroatoms. The van der Waals surface area contributed by atoms with Crippen LogP contribution in [0.5, 0.6) is 0 Å². The maximum Gasteiger partial charge on any atom is 0.227 e. The van der Waals surface area contributed by atoms with Crippen molar-refractivity contribution in [3.05, 3.63) is 18.2 Å². The number of aliphatic hydroxyl groups is 1. The summed E-state index contributed by atoms with van der Waals surface area (Å²) in [4.78, 5) is 18.2. The van der Waals surface area contributed by atoms with E-state index in [1.165, 1.54) is 11.3 Å². The number of amides is 1. The molecule has 1 heterocycles. The van der Waals surface area contributed by atoms with Gasteiger partial charge in [0.05, 0.1) is 16.8 Å². The molecular formula is C14H20N4O2S. The number of thiazole rings is 1. The van der Waals surface area contributed by atoms with E-state index in [9.17, 15) is 4.79 Å². The number of aromatic nitrogens is 1. The van der Waals surface area contributed by atoms with Gasteiger partial charge in [0.1, 0.15) is 0 Å². The number of likely N-dealkylation sites (N-methyl/N-ethyl adjacent to an activating group) is 1. The van der Waals surface area contributed by atoms with Gasteiger partial charge in [0.2, 0.25) is 5.91 Å². The summed E-state index contributed by atoms with van der Waals surface area (Å²) in [5, 5.41) is 12.4. The number of nitrogens with zero attached hydrogens (tertiary/aromatic N) is 2. The van der Waals surface area contributed by atoms with Gasteiger partial charge in [-0.25, -0.2) is 4.98 Å². The molecule has 0 fully saturated rings. The molecule has 0 spiro atoms. The Morgan fingerprint density at radius 3 is 3.05 bits per heavy atom. The van der Waals surface area contributed by atoms with Crippen LogP contribution in [0, 0.1) is 0 Å². The average Bonchev–Trinajstić information content (AvgIpc) is 2.84. The number of hydrogen-bond acceptors (Lipinski definition) is 6. The molecule has 0 aliphatic rings. The van der Waals surface area contributed by atoms with Crippen molar-refractivity contribution in [3.8, 4) is 0 Å². The van der Waals surface area contributed by atoms with Crippen molar-refractivity contribution in [2.75, 3.05) is 31.2 Å². The topological polar surface area (TPSA) is 91.5 Å². The minimum atomic E-state index is -0.0842. The molecule has 0 aliphatic carbocycles. The first kappa shape index (κ1) is 15.7. The molecule has 1 aromatic heterocycles. The average molecular weight is 308 g/mol. The molecule has 1 aromatic carbocycles. The zero-order valence-electron chi connectivity index (χ0n) is 12.2. The first-order valence-electron chi connectivity index (χ1n) is 6.76.